The molecule has 9 rings (SSSR count). The molecule has 0 saturated carbocycles. The monoisotopic (exact) mass is 756 g/mol. The highest BCUT2D eigenvalue weighted by atomic mass is 16.2. The topological polar surface area (TPSA) is 142 Å². The van der Waals surface area contributed by atoms with Crippen molar-refractivity contribution in [3.63, 3.8) is 0 Å². The minimum absolute atomic E-state index is 0.164. The van der Waals surface area contributed by atoms with E-state index in [9.17, 15) is 19.2 Å². The van der Waals surface area contributed by atoms with Crippen LogP contribution in [0.25, 0.3) is 43.1 Å². The fourth-order valence-electron chi connectivity index (χ4n) is 7.18. The predicted octanol–water partition coefficient (Wildman–Crippen LogP) is 10.1. The minimum atomic E-state index is -0.536. The average molecular weight is 757 g/mol. The molecule has 4 amide bonds. The maximum Gasteiger partial charge on any atom is 0.257 e. The fourth-order valence-corrected chi connectivity index (χ4v) is 7.18. The zero-order chi connectivity index (χ0) is 39.6. The molecule has 0 spiro atoms. The number of rotatable bonds is 8. The van der Waals surface area contributed by atoms with Crippen molar-refractivity contribution >= 4 is 90.0 Å². The van der Waals surface area contributed by atoms with E-state index in [2.05, 4.69) is 21.3 Å². The Labute approximate surface area is 331 Å². The van der Waals surface area contributed by atoms with Crippen LogP contribution in [0.15, 0.2) is 170 Å². The Morgan fingerprint density at radius 3 is 0.724 bits per heavy atom. The van der Waals surface area contributed by atoms with Crippen molar-refractivity contribution < 1.29 is 19.2 Å². The minimum Gasteiger partial charge on any atom is -0.303 e. The van der Waals surface area contributed by atoms with Crippen LogP contribution in [0.1, 0.15) is 41.4 Å². The van der Waals surface area contributed by atoms with Gasteiger partial charge in [0.05, 0.1) is 0 Å². The summed E-state index contributed by atoms with van der Waals surface area (Å²) in [6.45, 7) is 0. The summed E-state index contributed by atoms with van der Waals surface area (Å²) in [5.74, 6) is -2.80. The molecule has 278 valence electrons. The summed E-state index contributed by atoms with van der Waals surface area (Å²) in [5, 5.41) is 17.5. The molecule has 0 fully saturated rings. The number of hydrogen-bond donors (Lipinski definition) is 4. The number of aromatic nitrogens is 2. The number of nitrogens with one attached hydrogen (secondary N) is 4. The lowest BCUT2D eigenvalue weighted by molar-refractivity contribution is 0.101. The normalized spacial score (nSPS) is 11.0. The number of anilines is 4. The van der Waals surface area contributed by atoms with E-state index < -0.39 is 23.6 Å². The van der Waals surface area contributed by atoms with E-state index >= 15 is 0 Å². The lowest BCUT2D eigenvalue weighted by Crippen LogP contribution is -2.23. The van der Waals surface area contributed by atoms with E-state index in [1.165, 1.54) is 0 Å². The molecule has 10 nitrogen and oxygen atoms in total. The molecule has 0 aliphatic heterocycles. The van der Waals surface area contributed by atoms with Gasteiger partial charge in [0.15, 0.2) is 23.3 Å². The Bertz CT molecular complexity index is 2690. The molecule has 0 aliphatic carbocycles. The van der Waals surface area contributed by atoms with Gasteiger partial charge in [-0.2, -0.15) is 0 Å². The SMILES string of the molecule is O=C(Nc1nc(NC(=O)c2cccc3ccccc23)c(NC(=O)c2cccc3ccccc23)nc1NC(=O)c1cccc2ccccc12)c1cccc2ccccc12. The van der Waals surface area contributed by atoms with Crippen molar-refractivity contribution in [2.75, 3.05) is 21.3 Å². The first-order valence-corrected chi connectivity index (χ1v) is 18.5. The second-order valence-electron chi connectivity index (χ2n) is 13.5. The summed E-state index contributed by atoms with van der Waals surface area (Å²) in [6.07, 6.45) is 0. The van der Waals surface area contributed by atoms with Gasteiger partial charge in [-0.25, -0.2) is 9.97 Å². The van der Waals surface area contributed by atoms with Gasteiger partial charge in [0, 0.05) is 22.3 Å². The quantitative estimate of drug-likeness (QED) is 0.122. The zero-order valence-electron chi connectivity index (χ0n) is 30.7. The molecule has 0 aliphatic rings. The van der Waals surface area contributed by atoms with Crippen LogP contribution in [0.4, 0.5) is 23.3 Å². The molecule has 4 N–H and O–H groups in total. The van der Waals surface area contributed by atoms with E-state index in [1.54, 1.807) is 48.5 Å². The molecule has 0 saturated heterocycles. The lowest BCUT2D eigenvalue weighted by Gasteiger charge is -2.18. The second kappa shape index (κ2) is 15.1. The Morgan fingerprint density at radius 2 is 0.483 bits per heavy atom. The Balaban J connectivity index is 1.18. The van der Waals surface area contributed by atoms with Gasteiger partial charge in [-0.15, -0.1) is 0 Å². The first-order chi connectivity index (χ1) is 28.4. The van der Waals surface area contributed by atoms with E-state index in [-0.39, 0.29) is 23.3 Å². The highest BCUT2D eigenvalue weighted by molar-refractivity contribution is 6.19. The molecule has 1 aromatic heterocycles. The number of carbonyl (C=O) groups excluding carboxylic acids is 4. The zero-order valence-corrected chi connectivity index (χ0v) is 30.7. The van der Waals surface area contributed by atoms with Crippen LogP contribution >= 0.6 is 0 Å². The van der Waals surface area contributed by atoms with Crippen molar-refractivity contribution in [3.05, 3.63) is 192 Å². The summed E-state index contributed by atoms with van der Waals surface area (Å²) in [5.41, 5.74) is 1.39. The van der Waals surface area contributed by atoms with Gasteiger partial charge in [-0.3, -0.25) is 19.2 Å². The van der Waals surface area contributed by atoms with Crippen LogP contribution in [0.2, 0.25) is 0 Å². The van der Waals surface area contributed by atoms with Crippen molar-refractivity contribution in [2.24, 2.45) is 0 Å². The second-order valence-corrected chi connectivity index (χ2v) is 13.5. The Kier molecular flexibility index (Phi) is 9.25. The third-order valence-corrected chi connectivity index (χ3v) is 9.96. The van der Waals surface area contributed by atoms with Crippen LogP contribution < -0.4 is 21.3 Å². The summed E-state index contributed by atoms with van der Waals surface area (Å²) in [7, 11) is 0. The van der Waals surface area contributed by atoms with Crippen LogP contribution in [0.5, 0.6) is 0 Å². The molecule has 0 unspecified atom stereocenters. The highest BCUT2D eigenvalue weighted by Crippen LogP contribution is 2.31. The fraction of sp³-hybridized carbons (Fsp3) is 0. The maximum absolute atomic E-state index is 14.1. The molecule has 0 bridgehead atoms. The molecular weight excluding hydrogens is 725 g/mol. The molecule has 0 atom stereocenters. The lowest BCUT2D eigenvalue weighted by atomic mass is 10.0. The van der Waals surface area contributed by atoms with E-state index in [0.717, 1.165) is 21.5 Å². The van der Waals surface area contributed by atoms with Crippen molar-refractivity contribution in [1.29, 1.82) is 0 Å². The first-order valence-electron chi connectivity index (χ1n) is 18.5. The number of fused-ring (bicyclic) bond motifs is 4. The highest BCUT2D eigenvalue weighted by Gasteiger charge is 2.24. The van der Waals surface area contributed by atoms with E-state index in [0.29, 0.717) is 43.8 Å². The van der Waals surface area contributed by atoms with E-state index in [4.69, 9.17) is 9.97 Å². The molecule has 58 heavy (non-hydrogen) atoms. The number of amides is 4. The van der Waals surface area contributed by atoms with Gasteiger partial charge in [0.25, 0.3) is 23.6 Å². The molecule has 8 aromatic carbocycles. The number of benzene rings is 8. The van der Waals surface area contributed by atoms with Gasteiger partial charge < -0.3 is 21.3 Å². The smallest absolute Gasteiger partial charge is 0.257 e. The van der Waals surface area contributed by atoms with Crippen molar-refractivity contribution in [3.8, 4) is 0 Å². The number of hydrogen-bond acceptors (Lipinski definition) is 6. The predicted molar refractivity (Wildman–Crippen MR) is 230 cm³/mol. The summed E-state index contributed by atoms with van der Waals surface area (Å²) < 4.78 is 0. The Morgan fingerprint density at radius 1 is 0.276 bits per heavy atom. The summed E-state index contributed by atoms with van der Waals surface area (Å²) in [4.78, 5) is 66.0. The van der Waals surface area contributed by atoms with Gasteiger partial charge in [-0.1, -0.05) is 146 Å². The van der Waals surface area contributed by atoms with Gasteiger partial charge in [0.2, 0.25) is 0 Å². The number of nitrogens with zero attached hydrogens (tertiary/aromatic N) is 2. The molecule has 10 heteroatoms. The third-order valence-electron chi connectivity index (χ3n) is 9.96. The number of carbonyl (C=O) groups is 4. The molecule has 1 heterocycles. The summed E-state index contributed by atoms with van der Waals surface area (Å²) >= 11 is 0. The maximum atomic E-state index is 14.1. The van der Waals surface area contributed by atoms with Gasteiger partial charge in [-0.05, 0) is 67.4 Å². The van der Waals surface area contributed by atoms with Crippen LogP contribution in [-0.2, 0) is 0 Å². The van der Waals surface area contributed by atoms with Crippen LogP contribution in [-0.4, -0.2) is 33.6 Å². The molecular formula is C48H32N6O4. The molecule has 0 radical (unpaired) electrons. The first kappa shape index (κ1) is 35.5. The van der Waals surface area contributed by atoms with Crippen molar-refractivity contribution in [2.45, 2.75) is 0 Å². The van der Waals surface area contributed by atoms with Gasteiger partial charge >= 0.3 is 0 Å². The largest absolute Gasteiger partial charge is 0.303 e. The molecule has 9 aromatic rings. The third kappa shape index (κ3) is 6.82. The van der Waals surface area contributed by atoms with Crippen LogP contribution in [0.3, 0.4) is 0 Å². The van der Waals surface area contributed by atoms with E-state index in [1.807, 2.05) is 121 Å². The Hall–Kier alpha value is -8.24. The standard InChI is InChI=1S/C48H32N6O4/c55-45(37-25-9-17-29-13-1-5-21-33(29)37)51-41-42(52-46(56)38-26-10-18-30-14-2-6-22-34(30)38)50-44(54-48(58)40-28-12-20-32-16-4-8-24-36(32)40)43(49-41)53-47(57)39-27-11-19-31-15-3-7-23-35(31)39/h1-28H,(H2,49,51,53,55,57)(H2,50,52,54,56,58). The van der Waals surface area contributed by atoms with Crippen LogP contribution in [0, 0.1) is 0 Å². The average Bonchev–Trinajstić information content (AvgIpc) is 3.26. The van der Waals surface area contributed by atoms with Crippen molar-refractivity contribution in [1.82, 2.24) is 9.97 Å². The summed E-state index contributed by atoms with van der Waals surface area (Å²) in [6, 6.07) is 51.2. The van der Waals surface area contributed by atoms with Gasteiger partial charge in [0.1, 0.15) is 0 Å².